The van der Waals surface area contributed by atoms with E-state index in [2.05, 4.69) is 15.5 Å². The first-order valence-electron chi connectivity index (χ1n) is 8.12. The number of ether oxygens (including phenoxy) is 1. The van der Waals surface area contributed by atoms with E-state index in [4.69, 9.17) is 4.74 Å². The molecule has 3 rings (SSSR count). The normalized spacial score (nSPS) is 10.9. The average Bonchev–Trinajstić information content (AvgIpc) is 3.13. The monoisotopic (exact) mass is 402 g/mol. The second-order valence-corrected chi connectivity index (χ2v) is 6.35. The zero-order valence-corrected chi connectivity index (χ0v) is 15.4. The topological polar surface area (TPSA) is 110 Å². The third kappa shape index (κ3) is 4.41. The number of aromatic hydroxyl groups is 1. The van der Waals surface area contributed by atoms with Crippen molar-refractivity contribution in [3.63, 3.8) is 0 Å². The fourth-order valence-electron chi connectivity index (χ4n) is 2.33. The van der Waals surface area contributed by atoms with Gasteiger partial charge in [-0.15, -0.1) is 11.3 Å². The smallest absolute Gasteiger partial charge is 0.315 e. The van der Waals surface area contributed by atoms with E-state index in [0.29, 0.717) is 16.4 Å². The van der Waals surface area contributed by atoms with Crippen molar-refractivity contribution in [3.8, 4) is 22.8 Å². The van der Waals surface area contributed by atoms with Gasteiger partial charge < -0.3 is 9.84 Å². The Morgan fingerprint density at radius 3 is 2.82 bits per heavy atom. The number of hydrazone groups is 1. The van der Waals surface area contributed by atoms with Crippen molar-refractivity contribution in [1.29, 1.82) is 0 Å². The fraction of sp³-hybridized carbons (Fsp3) is 0.111. The summed E-state index contributed by atoms with van der Waals surface area (Å²) in [5.41, 5.74) is 4.07. The van der Waals surface area contributed by atoms with E-state index in [1.807, 2.05) is 0 Å². The van der Waals surface area contributed by atoms with Crippen LogP contribution in [0.15, 0.2) is 46.9 Å². The van der Waals surface area contributed by atoms with Gasteiger partial charge in [0.25, 0.3) is 0 Å². The molecule has 0 unspecified atom stereocenters. The number of nitrogens with zero attached hydrogens (tertiary/aromatic N) is 3. The Morgan fingerprint density at radius 2 is 2.14 bits per heavy atom. The second kappa shape index (κ2) is 8.44. The summed E-state index contributed by atoms with van der Waals surface area (Å²) in [6.07, 6.45) is 1.36. The van der Waals surface area contributed by atoms with Crippen molar-refractivity contribution in [2.24, 2.45) is 5.10 Å². The van der Waals surface area contributed by atoms with Crippen LogP contribution in [-0.4, -0.2) is 27.8 Å². The maximum absolute atomic E-state index is 13.0. The lowest BCUT2D eigenvalue weighted by molar-refractivity contribution is -0.386. The summed E-state index contributed by atoms with van der Waals surface area (Å²) in [5, 5.41) is 27.3. The number of phenols is 1. The van der Waals surface area contributed by atoms with Gasteiger partial charge in [-0.1, -0.05) is 0 Å². The molecule has 0 atom stereocenters. The summed E-state index contributed by atoms with van der Waals surface area (Å²) in [4.78, 5) is 14.7. The molecule has 0 fully saturated rings. The molecule has 1 heterocycles. The lowest BCUT2D eigenvalue weighted by Crippen LogP contribution is -1.98. The lowest BCUT2D eigenvalue weighted by Gasteiger charge is -2.07. The minimum atomic E-state index is -0.696. The molecule has 1 aromatic heterocycles. The standard InChI is InChI=1S/C18H15FN4O4S/c1-2-27-16-8-11(7-15(17(16)24)23(25)26)9-20-22-18-21-14(10-28-18)12-3-5-13(19)6-4-12/h3-10,24H,2H2,1H3,(H,21,22)/b20-9-. The number of hydrogen-bond donors (Lipinski definition) is 2. The zero-order valence-electron chi connectivity index (χ0n) is 14.6. The Hall–Kier alpha value is -3.53. The van der Waals surface area contributed by atoms with Gasteiger partial charge in [-0.25, -0.2) is 9.37 Å². The maximum atomic E-state index is 13.0. The highest BCUT2D eigenvalue weighted by atomic mass is 32.1. The molecule has 0 amide bonds. The van der Waals surface area contributed by atoms with Gasteiger partial charge in [0.2, 0.25) is 10.9 Å². The molecular formula is C18H15FN4O4S. The van der Waals surface area contributed by atoms with Crippen LogP contribution in [0.3, 0.4) is 0 Å². The largest absolute Gasteiger partial charge is 0.500 e. The van der Waals surface area contributed by atoms with E-state index in [1.165, 1.54) is 41.8 Å². The highest BCUT2D eigenvalue weighted by Crippen LogP contribution is 2.36. The van der Waals surface area contributed by atoms with E-state index in [1.54, 1.807) is 24.4 Å². The van der Waals surface area contributed by atoms with Gasteiger partial charge in [0, 0.05) is 22.6 Å². The van der Waals surface area contributed by atoms with Crippen molar-refractivity contribution in [1.82, 2.24) is 4.98 Å². The Kier molecular flexibility index (Phi) is 5.80. The number of phenolic OH excluding ortho intramolecular Hbond substituents is 1. The molecule has 10 heteroatoms. The first kappa shape index (κ1) is 19.2. The van der Waals surface area contributed by atoms with Gasteiger partial charge in [0.05, 0.1) is 23.4 Å². The van der Waals surface area contributed by atoms with Gasteiger partial charge in [0.15, 0.2) is 5.75 Å². The number of thiazole rings is 1. The van der Waals surface area contributed by atoms with Crippen molar-refractivity contribution in [2.75, 3.05) is 12.0 Å². The van der Waals surface area contributed by atoms with Gasteiger partial charge in [-0.05, 0) is 37.3 Å². The first-order valence-corrected chi connectivity index (χ1v) is 9.00. The number of anilines is 1. The first-order chi connectivity index (χ1) is 13.5. The summed E-state index contributed by atoms with van der Waals surface area (Å²) in [6, 6.07) is 8.60. The highest BCUT2D eigenvalue weighted by molar-refractivity contribution is 7.14. The third-order valence-corrected chi connectivity index (χ3v) is 4.34. The van der Waals surface area contributed by atoms with E-state index < -0.39 is 16.4 Å². The number of rotatable bonds is 7. The zero-order chi connectivity index (χ0) is 20.1. The van der Waals surface area contributed by atoms with Crippen LogP contribution in [0.4, 0.5) is 15.2 Å². The van der Waals surface area contributed by atoms with E-state index >= 15 is 0 Å². The molecular weight excluding hydrogens is 387 g/mol. The molecule has 8 nitrogen and oxygen atoms in total. The number of nitro groups is 1. The third-order valence-electron chi connectivity index (χ3n) is 3.59. The fourth-order valence-corrected chi connectivity index (χ4v) is 3.00. The van der Waals surface area contributed by atoms with Crippen LogP contribution in [0.25, 0.3) is 11.3 Å². The molecule has 0 radical (unpaired) electrons. The van der Waals surface area contributed by atoms with Gasteiger partial charge in [0.1, 0.15) is 5.82 Å². The van der Waals surface area contributed by atoms with Crippen molar-refractivity contribution >= 4 is 28.4 Å². The number of halogens is 1. The quantitative estimate of drug-likeness (QED) is 0.344. The Morgan fingerprint density at radius 1 is 1.39 bits per heavy atom. The Labute approximate surface area is 163 Å². The van der Waals surface area contributed by atoms with Crippen molar-refractivity contribution in [3.05, 3.63) is 63.3 Å². The molecule has 2 N–H and O–H groups in total. The minimum Gasteiger partial charge on any atom is -0.500 e. The highest BCUT2D eigenvalue weighted by Gasteiger charge is 2.19. The molecule has 2 aromatic carbocycles. The summed E-state index contributed by atoms with van der Waals surface area (Å²) in [5.74, 6) is -0.844. The number of benzene rings is 2. The van der Waals surface area contributed by atoms with Crippen molar-refractivity contribution < 1.29 is 19.2 Å². The summed E-state index contributed by atoms with van der Waals surface area (Å²) < 4.78 is 18.2. The van der Waals surface area contributed by atoms with Crippen LogP contribution in [0.1, 0.15) is 12.5 Å². The number of hydrogen-bond acceptors (Lipinski definition) is 8. The minimum absolute atomic E-state index is 0.00555. The van der Waals surface area contributed by atoms with Crippen LogP contribution >= 0.6 is 11.3 Å². The van der Waals surface area contributed by atoms with E-state index in [0.717, 1.165) is 5.56 Å². The van der Waals surface area contributed by atoms with Gasteiger partial charge in [-0.3, -0.25) is 15.5 Å². The molecule has 0 saturated carbocycles. The van der Waals surface area contributed by atoms with E-state index in [9.17, 15) is 19.6 Å². The molecule has 0 saturated heterocycles. The summed E-state index contributed by atoms with van der Waals surface area (Å²) in [7, 11) is 0. The van der Waals surface area contributed by atoms with Gasteiger partial charge >= 0.3 is 5.69 Å². The maximum Gasteiger partial charge on any atom is 0.315 e. The average molecular weight is 402 g/mol. The van der Waals surface area contributed by atoms with E-state index in [-0.39, 0.29) is 18.2 Å². The molecule has 0 aliphatic carbocycles. The molecule has 0 spiro atoms. The SMILES string of the molecule is CCOc1cc(/C=N\Nc2nc(-c3ccc(F)cc3)cs2)cc([N+](=O)[O-])c1O. The molecule has 144 valence electrons. The lowest BCUT2D eigenvalue weighted by atomic mass is 10.2. The van der Waals surface area contributed by atoms with Crippen molar-refractivity contribution in [2.45, 2.75) is 6.92 Å². The summed E-state index contributed by atoms with van der Waals surface area (Å²) in [6.45, 7) is 1.95. The number of nitrogens with one attached hydrogen (secondary N) is 1. The molecule has 3 aromatic rings. The predicted molar refractivity (Wildman–Crippen MR) is 105 cm³/mol. The summed E-state index contributed by atoms with van der Waals surface area (Å²) >= 11 is 1.30. The Bertz CT molecular complexity index is 1020. The second-order valence-electron chi connectivity index (χ2n) is 5.49. The van der Waals surface area contributed by atoms with Crippen LogP contribution < -0.4 is 10.2 Å². The Balaban J connectivity index is 1.76. The van der Waals surface area contributed by atoms with Crippen LogP contribution in [0.2, 0.25) is 0 Å². The van der Waals surface area contributed by atoms with Crippen LogP contribution in [-0.2, 0) is 0 Å². The molecule has 0 aliphatic heterocycles. The van der Waals surface area contributed by atoms with Crippen LogP contribution in [0.5, 0.6) is 11.5 Å². The molecule has 0 aliphatic rings. The van der Waals surface area contributed by atoms with Crippen LogP contribution in [0, 0.1) is 15.9 Å². The molecule has 28 heavy (non-hydrogen) atoms. The number of nitro benzene ring substituents is 1. The number of aromatic nitrogens is 1. The predicted octanol–water partition coefficient (Wildman–Crippen LogP) is 4.41. The van der Waals surface area contributed by atoms with Gasteiger partial charge in [-0.2, -0.15) is 5.10 Å². The molecule has 0 bridgehead atoms.